The summed E-state index contributed by atoms with van der Waals surface area (Å²) >= 11 is 9.90. The first-order chi connectivity index (χ1) is 8.00. The summed E-state index contributed by atoms with van der Waals surface area (Å²) in [6.45, 7) is 0. The maximum atomic E-state index is 11.1. The van der Waals surface area contributed by atoms with Crippen LogP contribution in [0.2, 0.25) is 0 Å². The zero-order valence-corrected chi connectivity index (χ0v) is 12.6. The number of nitrogens with zero attached hydrogens (tertiary/aromatic N) is 1. The Bertz CT molecular complexity index is 508. The van der Waals surface area contributed by atoms with Crippen molar-refractivity contribution in [2.75, 3.05) is 5.17 Å². The van der Waals surface area contributed by atoms with Gasteiger partial charge >= 0.3 is 11.9 Å². The number of anilines is 1. The monoisotopic (exact) mass is 428 g/mol. The van der Waals surface area contributed by atoms with Gasteiger partial charge in [-0.2, -0.15) is 0 Å². The molecule has 0 atom stereocenters. The number of halogens is 3. The minimum absolute atomic E-state index is 0.445. The molecule has 1 saturated heterocycles. The number of hydrazine groups is 1. The summed E-state index contributed by atoms with van der Waals surface area (Å²) in [5.74, 6) is -2.22. The van der Waals surface area contributed by atoms with Crippen LogP contribution in [0.25, 0.3) is 0 Å². The number of carbonyl (C=O) groups is 2. The molecule has 1 heterocycles. The molecule has 6 nitrogen and oxygen atoms in total. The highest BCUT2D eigenvalue weighted by Gasteiger charge is 2.31. The number of carbonyl (C=O) groups excluding carboxylic acids is 2. The molecule has 90 valence electrons. The SMILES string of the molecule is O=C1ONN(c2c(Br)ccc(Br)c2Br)OC1=O. The lowest BCUT2D eigenvalue weighted by molar-refractivity contribution is -0.192. The van der Waals surface area contributed by atoms with Crippen LogP contribution in [0.3, 0.4) is 0 Å². The lowest BCUT2D eigenvalue weighted by atomic mass is 10.3. The van der Waals surface area contributed by atoms with Gasteiger partial charge in [-0.3, -0.25) is 0 Å². The standard InChI is InChI=1S/C8H3Br3N2O4/c9-3-1-2-4(10)6(5(3)11)13-12-16-7(14)8(15)17-13/h1-2,12H. The van der Waals surface area contributed by atoms with Crippen LogP contribution in [0.1, 0.15) is 0 Å². The molecular formula is C8H3Br3N2O4. The predicted molar refractivity (Wildman–Crippen MR) is 67.3 cm³/mol. The molecule has 0 saturated carbocycles. The van der Waals surface area contributed by atoms with Gasteiger partial charge in [-0.1, -0.05) is 5.17 Å². The molecule has 0 aromatic heterocycles. The molecule has 0 aliphatic carbocycles. The largest absolute Gasteiger partial charge is 0.444 e. The van der Waals surface area contributed by atoms with Crippen molar-refractivity contribution in [1.82, 2.24) is 5.59 Å². The highest BCUT2D eigenvalue weighted by molar-refractivity contribution is 9.13. The molecule has 1 aromatic rings. The van der Waals surface area contributed by atoms with Crippen LogP contribution >= 0.6 is 47.8 Å². The van der Waals surface area contributed by atoms with Gasteiger partial charge in [-0.25, -0.2) is 9.59 Å². The first-order valence-electron chi connectivity index (χ1n) is 4.13. The molecule has 2 rings (SSSR count). The lowest BCUT2D eigenvalue weighted by Crippen LogP contribution is -2.49. The Labute approximate surface area is 120 Å². The van der Waals surface area contributed by atoms with Gasteiger partial charge in [0.2, 0.25) is 0 Å². The van der Waals surface area contributed by atoms with Crippen molar-refractivity contribution in [3.8, 4) is 0 Å². The van der Waals surface area contributed by atoms with Crippen molar-refractivity contribution in [2.45, 2.75) is 0 Å². The van der Waals surface area contributed by atoms with Crippen molar-refractivity contribution in [3.05, 3.63) is 25.6 Å². The molecule has 1 fully saturated rings. The minimum atomic E-state index is -1.11. The maximum Gasteiger partial charge on any atom is 0.444 e. The Kier molecular flexibility index (Phi) is 3.71. The summed E-state index contributed by atoms with van der Waals surface area (Å²) in [5.41, 5.74) is 2.63. The summed E-state index contributed by atoms with van der Waals surface area (Å²) in [5, 5.41) is 0.933. The zero-order valence-electron chi connectivity index (χ0n) is 7.87. The average Bonchev–Trinajstić information content (AvgIpc) is 2.29. The Morgan fingerprint density at radius 3 is 2.35 bits per heavy atom. The second-order valence-corrected chi connectivity index (χ2v) is 5.35. The second kappa shape index (κ2) is 4.92. The van der Waals surface area contributed by atoms with Gasteiger partial charge in [0.25, 0.3) is 0 Å². The quantitative estimate of drug-likeness (QED) is 0.544. The highest BCUT2D eigenvalue weighted by Crippen LogP contribution is 2.39. The van der Waals surface area contributed by atoms with E-state index in [0.717, 1.165) is 9.64 Å². The average molecular weight is 431 g/mol. The maximum absolute atomic E-state index is 11.1. The molecule has 1 aliphatic heterocycles. The third kappa shape index (κ3) is 2.46. The van der Waals surface area contributed by atoms with Gasteiger partial charge in [-0.05, 0) is 65.5 Å². The van der Waals surface area contributed by atoms with Crippen molar-refractivity contribution in [2.24, 2.45) is 0 Å². The van der Waals surface area contributed by atoms with Gasteiger partial charge in [0.05, 0.1) is 4.47 Å². The number of benzene rings is 1. The number of rotatable bonds is 1. The van der Waals surface area contributed by atoms with E-state index in [9.17, 15) is 9.59 Å². The Morgan fingerprint density at radius 2 is 1.71 bits per heavy atom. The van der Waals surface area contributed by atoms with Crippen molar-refractivity contribution >= 4 is 65.4 Å². The molecule has 1 aromatic carbocycles. The van der Waals surface area contributed by atoms with E-state index in [2.05, 4.69) is 58.2 Å². The van der Waals surface area contributed by atoms with Crippen LogP contribution < -0.4 is 10.8 Å². The highest BCUT2D eigenvalue weighted by atomic mass is 79.9. The molecule has 0 amide bonds. The van der Waals surface area contributed by atoms with E-state index in [1.54, 1.807) is 12.1 Å². The van der Waals surface area contributed by atoms with E-state index in [4.69, 9.17) is 4.84 Å². The van der Waals surface area contributed by atoms with Gasteiger partial charge < -0.3 is 9.68 Å². The molecule has 0 radical (unpaired) electrons. The number of nitrogens with one attached hydrogen (secondary N) is 1. The lowest BCUT2D eigenvalue weighted by Gasteiger charge is -2.27. The molecule has 1 N–H and O–H groups in total. The summed E-state index contributed by atoms with van der Waals surface area (Å²) in [6.07, 6.45) is 0. The van der Waals surface area contributed by atoms with E-state index in [1.807, 2.05) is 0 Å². The topological polar surface area (TPSA) is 67.9 Å². The summed E-state index contributed by atoms with van der Waals surface area (Å²) in [7, 11) is 0. The van der Waals surface area contributed by atoms with E-state index < -0.39 is 11.9 Å². The molecule has 9 heteroatoms. The summed E-state index contributed by atoms with van der Waals surface area (Å²) in [6, 6.07) is 3.52. The zero-order chi connectivity index (χ0) is 12.6. The predicted octanol–water partition coefficient (Wildman–Crippen LogP) is 2.22. The smallest absolute Gasteiger partial charge is 0.338 e. The summed E-state index contributed by atoms with van der Waals surface area (Å²) < 4.78 is 1.99. The van der Waals surface area contributed by atoms with E-state index >= 15 is 0 Å². The molecular weight excluding hydrogens is 428 g/mol. The van der Waals surface area contributed by atoms with E-state index in [1.165, 1.54) is 0 Å². The van der Waals surface area contributed by atoms with Crippen LogP contribution in [0.5, 0.6) is 0 Å². The van der Waals surface area contributed by atoms with E-state index in [0.29, 0.717) is 14.6 Å². The fourth-order valence-corrected chi connectivity index (χ4v) is 2.64. The minimum Gasteiger partial charge on any atom is -0.338 e. The van der Waals surface area contributed by atoms with Crippen LogP contribution in [0.4, 0.5) is 5.69 Å². The Hall–Kier alpha value is -0.640. The Morgan fingerprint density at radius 1 is 1.06 bits per heavy atom. The van der Waals surface area contributed by atoms with Crippen LogP contribution in [0.15, 0.2) is 25.6 Å². The van der Waals surface area contributed by atoms with Gasteiger partial charge in [-0.15, -0.1) is 0 Å². The molecule has 1 aliphatic rings. The molecule has 0 spiro atoms. The first kappa shape index (κ1) is 12.8. The summed E-state index contributed by atoms with van der Waals surface area (Å²) in [4.78, 5) is 31.0. The third-order valence-corrected chi connectivity index (χ3v) is 4.42. The van der Waals surface area contributed by atoms with Gasteiger partial charge in [0.1, 0.15) is 5.69 Å². The normalized spacial score (nSPS) is 15.6. The van der Waals surface area contributed by atoms with Gasteiger partial charge in [0, 0.05) is 8.95 Å². The third-order valence-electron chi connectivity index (χ3n) is 1.79. The van der Waals surface area contributed by atoms with Crippen molar-refractivity contribution in [1.29, 1.82) is 0 Å². The van der Waals surface area contributed by atoms with Crippen molar-refractivity contribution in [3.63, 3.8) is 0 Å². The molecule has 0 bridgehead atoms. The van der Waals surface area contributed by atoms with Gasteiger partial charge in [0.15, 0.2) is 0 Å². The van der Waals surface area contributed by atoms with Crippen LogP contribution in [0, 0.1) is 0 Å². The number of hydrogen-bond acceptors (Lipinski definition) is 6. The fraction of sp³-hybridized carbons (Fsp3) is 0. The second-order valence-electron chi connectivity index (χ2n) is 2.85. The number of hydrogen-bond donors (Lipinski definition) is 1. The van der Waals surface area contributed by atoms with Crippen molar-refractivity contribution < 1.29 is 19.3 Å². The van der Waals surface area contributed by atoms with Crippen LogP contribution in [-0.4, -0.2) is 11.9 Å². The molecule has 0 unspecified atom stereocenters. The molecule has 17 heavy (non-hydrogen) atoms. The van der Waals surface area contributed by atoms with Crippen LogP contribution in [-0.2, 0) is 19.3 Å². The Balaban J connectivity index is 2.38. The fourth-order valence-electron chi connectivity index (χ4n) is 1.06. The first-order valence-corrected chi connectivity index (χ1v) is 6.51. The van der Waals surface area contributed by atoms with E-state index in [-0.39, 0.29) is 0 Å².